The van der Waals surface area contributed by atoms with Gasteiger partial charge in [0.2, 0.25) is 0 Å². The van der Waals surface area contributed by atoms with Crippen molar-refractivity contribution in [2.75, 3.05) is 31.2 Å². The van der Waals surface area contributed by atoms with E-state index >= 15 is 0 Å². The molecule has 0 radical (unpaired) electrons. The van der Waals surface area contributed by atoms with Crippen LogP contribution in [0.2, 0.25) is 0 Å². The molecule has 1 N–H and O–H groups in total. The Morgan fingerprint density at radius 2 is 2.44 bits per heavy atom. The van der Waals surface area contributed by atoms with E-state index in [0.29, 0.717) is 0 Å². The minimum atomic E-state index is 0.284. The van der Waals surface area contributed by atoms with Gasteiger partial charge in [0.25, 0.3) is 0 Å². The van der Waals surface area contributed by atoms with Gasteiger partial charge < -0.3 is 10.1 Å². The fourth-order valence-corrected chi connectivity index (χ4v) is 4.31. The first-order chi connectivity index (χ1) is 7.85. The van der Waals surface area contributed by atoms with Gasteiger partial charge in [0.1, 0.15) is 0 Å². The highest BCUT2D eigenvalue weighted by atomic mass is 32.2. The highest BCUT2D eigenvalue weighted by Gasteiger charge is 2.39. The second-order valence-electron chi connectivity index (χ2n) is 5.19. The van der Waals surface area contributed by atoms with E-state index in [-0.39, 0.29) is 5.60 Å². The molecule has 0 aliphatic carbocycles. The summed E-state index contributed by atoms with van der Waals surface area (Å²) in [6, 6.07) is 0. The molecule has 0 amide bonds. The van der Waals surface area contributed by atoms with Crippen LogP contribution >= 0.6 is 11.8 Å². The van der Waals surface area contributed by atoms with Crippen LogP contribution in [0.25, 0.3) is 0 Å². The van der Waals surface area contributed by atoms with Gasteiger partial charge in [-0.25, -0.2) is 0 Å². The predicted molar refractivity (Wildman–Crippen MR) is 71.1 cm³/mol. The molecule has 0 aromatic rings. The third-order valence-electron chi connectivity index (χ3n) is 3.88. The summed E-state index contributed by atoms with van der Waals surface area (Å²) in [5.41, 5.74) is 0.284. The second-order valence-corrected chi connectivity index (χ2v) is 6.29. The van der Waals surface area contributed by atoms with Crippen LogP contribution in [0.5, 0.6) is 0 Å². The monoisotopic (exact) mass is 243 g/mol. The summed E-state index contributed by atoms with van der Waals surface area (Å²) in [7, 11) is 0. The van der Waals surface area contributed by atoms with Crippen molar-refractivity contribution in [2.45, 2.75) is 44.6 Å². The van der Waals surface area contributed by atoms with E-state index in [1.807, 2.05) is 0 Å². The van der Waals surface area contributed by atoms with Gasteiger partial charge in [0.05, 0.1) is 5.60 Å². The van der Waals surface area contributed by atoms with Gasteiger partial charge in [0, 0.05) is 12.4 Å². The molecule has 1 spiro atoms. The average Bonchev–Trinajstić information content (AvgIpc) is 2.73. The number of hydrogen-bond acceptors (Lipinski definition) is 3. The molecule has 2 heterocycles. The van der Waals surface area contributed by atoms with Crippen LogP contribution in [-0.2, 0) is 4.74 Å². The van der Waals surface area contributed by atoms with E-state index in [1.54, 1.807) is 0 Å². The maximum Gasteiger partial charge on any atom is 0.0783 e. The molecule has 16 heavy (non-hydrogen) atoms. The smallest absolute Gasteiger partial charge is 0.0783 e. The minimum Gasteiger partial charge on any atom is -0.374 e. The van der Waals surface area contributed by atoms with Crippen molar-refractivity contribution in [2.24, 2.45) is 5.92 Å². The lowest BCUT2D eigenvalue weighted by molar-refractivity contribution is -0.0806. The first-order valence-corrected chi connectivity index (χ1v) is 7.92. The summed E-state index contributed by atoms with van der Waals surface area (Å²) in [5, 5.41) is 3.41. The Bertz CT molecular complexity index is 204. The van der Waals surface area contributed by atoms with Crippen LogP contribution in [-0.4, -0.2) is 36.8 Å². The molecule has 0 aromatic carbocycles. The van der Waals surface area contributed by atoms with Crippen molar-refractivity contribution in [3.63, 3.8) is 0 Å². The number of rotatable bonds is 5. The van der Waals surface area contributed by atoms with Gasteiger partial charge in [-0.15, -0.1) is 0 Å². The highest BCUT2D eigenvalue weighted by Crippen LogP contribution is 2.41. The Morgan fingerprint density at radius 1 is 1.50 bits per heavy atom. The van der Waals surface area contributed by atoms with Crippen LogP contribution in [0, 0.1) is 5.92 Å². The maximum atomic E-state index is 6.05. The fourth-order valence-electron chi connectivity index (χ4n) is 2.93. The Labute approximate surface area is 104 Å². The average molecular weight is 243 g/mol. The van der Waals surface area contributed by atoms with Crippen molar-refractivity contribution >= 4 is 11.8 Å². The van der Waals surface area contributed by atoms with Gasteiger partial charge in [-0.2, -0.15) is 11.8 Å². The van der Waals surface area contributed by atoms with Crippen LogP contribution in [0.4, 0.5) is 0 Å². The largest absolute Gasteiger partial charge is 0.374 e. The molecule has 2 fully saturated rings. The molecular formula is C13H25NOS. The zero-order valence-corrected chi connectivity index (χ0v) is 11.3. The molecule has 0 bridgehead atoms. The molecule has 0 saturated carbocycles. The normalized spacial score (nSPS) is 34.7. The molecule has 0 aromatic heterocycles. The molecule has 2 aliphatic rings. The SMILES string of the molecule is CCNCCCC1CCOC2(CCSC2)C1. The summed E-state index contributed by atoms with van der Waals surface area (Å²) < 4.78 is 6.05. The summed E-state index contributed by atoms with van der Waals surface area (Å²) >= 11 is 2.08. The number of ether oxygens (including phenoxy) is 1. The summed E-state index contributed by atoms with van der Waals surface area (Å²) in [5.74, 6) is 3.48. The van der Waals surface area contributed by atoms with E-state index < -0.39 is 0 Å². The predicted octanol–water partition coefficient (Wildman–Crippen LogP) is 2.68. The quantitative estimate of drug-likeness (QED) is 0.750. The molecule has 3 heteroatoms. The fraction of sp³-hybridized carbons (Fsp3) is 1.00. The maximum absolute atomic E-state index is 6.05. The third-order valence-corrected chi connectivity index (χ3v) is 5.10. The number of hydrogen-bond donors (Lipinski definition) is 1. The summed E-state index contributed by atoms with van der Waals surface area (Å²) in [6.07, 6.45) is 6.64. The van der Waals surface area contributed by atoms with Crippen LogP contribution in [0.3, 0.4) is 0 Å². The molecular weight excluding hydrogens is 218 g/mol. The lowest BCUT2D eigenvalue weighted by Crippen LogP contribution is -2.39. The van der Waals surface area contributed by atoms with E-state index in [2.05, 4.69) is 24.0 Å². The lowest BCUT2D eigenvalue weighted by atomic mass is 9.83. The topological polar surface area (TPSA) is 21.3 Å². The highest BCUT2D eigenvalue weighted by molar-refractivity contribution is 7.99. The van der Waals surface area contributed by atoms with Crippen LogP contribution < -0.4 is 5.32 Å². The number of nitrogens with one attached hydrogen (secondary N) is 1. The molecule has 2 rings (SSSR count). The first-order valence-electron chi connectivity index (χ1n) is 6.77. The summed E-state index contributed by atoms with van der Waals surface area (Å²) in [6.45, 7) is 5.48. The van der Waals surface area contributed by atoms with E-state index in [9.17, 15) is 0 Å². The zero-order chi connectivity index (χ0) is 11.3. The van der Waals surface area contributed by atoms with Crippen LogP contribution in [0.15, 0.2) is 0 Å². The van der Waals surface area contributed by atoms with Crippen molar-refractivity contribution < 1.29 is 4.74 Å². The van der Waals surface area contributed by atoms with E-state index in [1.165, 1.54) is 50.2 Å². The van der Waals surface area contributed by atoms with Gasteiger partial charge in [-0.1, -0.05) is 6.92 Å². The molecule has 2 saturated heterocycles. The standard InChI is InChI=1S/C13H25NOS/c1-2-14-7-3-4-12-5-8-15-13(10-12)6-9-16-11-13/h12,14H,2-11H2,1H3. The number of thioether (sulfide) groups is 1. The Balaban J connectivity index is 1.70. The lowest BCUT2D eigenvalue weighted by Gasteiger charge is -2.37. The molecule has 2 nitrogen and oxygen atoms in total. The van der Waals surface area contributed by atoms with Crippen molar-refractivity contribution in [3.8, 4) is 0 Å². The van der Waals surface area contributed by atoms with Gasteiger partial charge in [-0.05, 0) is 56.9 Å². The van der Waals surface area contributed by atoms with Crippen LogP contribution in [0.1, 0.15) is 39.0 Å². The van der Waals surface area contributed by atoms with E-state index in [4.69, 9.17) is 4.74 Å². The molecule has 2 atom stereocenters. The van der Waals surface area contributed by atoms with Crippen molar-refractivity contribution in [1.29, 1.82) is 0 Å². The molecule has 2 aliphatic heterocycles. The Hall–Kier alpha value is 0.270. The minimum absolute atomic E-state index is 0.284. The molecule has 2 unspecified atom stereocenters. The first kappa shape index (κ1) is 12.7. The second kappa shape index (κ2) is 6.27. The summed E-state index contributed by atoms with van der Waals surface area (Å²) in [4.78, 5) is 0. The van der Waals surface area contributed by atoms with Crippen molar-refractivity contribution in [1.82, 2.24) is 5.32 Å². The van der Waals surface area contributed by atoms with Crippen molar-refractivity contribution in [3.05, 3.63) is 0 Å². The molecule has 94 valence electrons. The Morgan fingerprint density at radius 3 is 3.19 bits per heavy atom. The van der Waals surface area contributed by atoms with E-state index in [0.717, 1.165) is 19.1 Å². The Kier molecular flexibility index (Phi) is 4.98. The van der Waals surface area contributed by atoms with Gasteiger partial charge in [-0.3, -0.25) is 0 Å². The zero-order valence-electron chi connectivity index (χ0n) is 10.5. The van der Waals surface area contributed by atoms with Gasteiger partial charge in [0.15, 0.2) is 0 Å². The van der Waals surface area contributed by atoms with Gasteiger partial charge >= 0.3 is 0 Å². The third kappa shape index (κ3) is 3.38.